The lowest BCUT2D eigenvalue weighted by Gasteiger charge is -2.13. The number of hydrogen-bond donors (Lipinski definition) is 2. The normalized spacial score (nSPS) is 11.9. The molecule has 0 saturated carbocycles. The standard InChI is InChI=1S/C11H25N3O/c1-5-12-11(14-10(3)4)13-8-7-9-15-6-2/h10H,5-9H2,1-4H3,(H2,12,13,14). The first-order chi connectivity index (χ1) is 7.20. The highest BCUT2D eigenvalue weighted by Crippen LogP contribution is 1.85. The first-order valence-corrected chi connectivity index (χ1v) is 5.83. The molecule has 0 aliphatic heterocycles. The van der Waals surface area contributed by atoms with Gasteiger partial charge in [-0.3, -0.25) is 4.99 Å². The van der Waals surface area contributed by atoms with Crippen LogP contribution in [0, 0.1) is 0 Å². The molecule has 0 aromatic heterocycles. The third-order valence-electron chi connectivity index (χ3n) is 1.69. The molecule has 90 valence electrons. The van der Waals surface area contributed by atoms with Crippen LogP contribution < -0.4 is 10.6 Å². The summed E-state index contributed by atoms with van der Waals surface area (Å²) in [6.07, 6.45) is 0.975. The maximum absolute atomic E-state index is 5.25. The molecule has 4 nitrogen and oxygen atoms in total. The molecule has 0 aliphatic carbocycles. The quantitative estimate of drug-likeness (QED) is 0.383. The lowest BCUT2D eigenvalue weighted by atomic mass is 10.4. The van der Waals surface area contributed by atoms with Crippen molar-refractivity contribution in [3.8, 4) is 0 Å². The Morgan fingerprint density at radius 1 is 1.33 bits per heavy atom. The number of rotatable bonds is 7. The van der Waals surface area contributed by atoms with Crippen molar-refractivity contribution in [2.75, 3.05) is 26.3 Å². The molecule has 0 amide bonds. The number of ether oxygens (including phenoxy) is 1. The van der Waals surface area contributed by atoms with Crippen LogP contribution in [0.3, 0.4) is 0 Å². The van der Waals surface area contributed by atoms with Gasteiger partial charge < -0.3 is 15.4 Å². The zero-order valence-electron chi connectivity index (χ0n) is 10.5. The zero-order chi connectivity index (χ0) is 11.5. The highest BCUT2D eigenvalue weighted by atomic mass is 16.5. The monoisotopic (exact) mass is 215 g/mol. The summed E-state index contributed by atoms with van der Waals surface area (Å²) in [5.41, 5.74) is 0. The van der Waals surface area contributed by atoms with Crippen LogP contribution in [0.5, 0.6) is 0 Å². The van der Waals surface area contributed by atoms with Crippen molar-refractivity contribution in [2.24, 2.45) is 4.99 Å². The zero-order valence-corrected chi connectivity index (χ0v) is 10.5. The topological polar surface area (TPSA) is 45.7 Å². The fourth-order valence-electron chi connectivity index (χ4n) is 1.10. The third-order valence-corrected chi connectivity index (χ3v) is 1.69. The Labute approximate surface area is 93.5 Å². The van der Waals surface area contributed by atoms with Crippen molar-refractivity contribution in [3.05, 3.63) is 0 Å². The molecule has 0 aromatic rings. The highest BCUT2D eigenvalue weighted by molar-refractivity contribution is 5.79. The molecular formula is C11H25N3O. The van der Waals surface area contributed by atoms with Crippen molar-refractivity contribution >= 4 is 5.96 Å². The van der Waals surface area contributed by atoms with E-state index in [0.717, 1.165) is 38.7 Å². The van der Waals surface area contributed by atoms with Gasteiger partial charge in [0.2, 0.25) is 0 Å². The molecule has 4 heteroatoms. The van der Waals surface area contributed by atoms with E-state index < -0.39 is 0 Å². The van der Waals surface area contributed by atoms with Crippen molar-refractivity contribution < 1.29 is 4.74 Å². The molecule has 0 aliphatic rings. The van der Waals surface area contributed by atoms with Crippen LogP contribution in [0.2, 0.25) is 0 Å². The Balaban J connectivity index is 3.73. The molecule has 0 spiro atoms. The molecule has 0 rings (SSSR count). The predicted octanol–water partition coefficient (Wildman–Crippen LogP) is 1.38. The van der Waals surface area contributed by atoms with Crippen molar-refractivity contribution in [1.82, 2.24) is 10.6 Å². The summed E-state index contributed by atoms with van der Waals surface area (Å²) in [5.74, 6) is 0.893. The van der Waals surface area contributed by atoms with Gasteiger partial charge in [0.05, 0.1) is 0 Å². The SMILES string of the molecule is CCNC(=NCCCOCC)NC(C)C. The molecule has 0 aromatic carbocycles. The number of hydrogen-bond acceptors (Lipinski definition) is 2. The maximum Gasteiger partial charge on any atom is 0.191 e. The van der Waals surface area contributed by atoms with E-state index in [4.69, 9.17) is 4.74 Å². The maximum atomic E-state index is 5.25. The van der Waals surface area contributed by atoms with E-state index in [2.05, 4.69) is 36.4 Å². The molecule has 0 fully saturated rings. The van der Waals surface area contributed by atoms with Crippen LogP contribution in [-0.4, -0.2) is 38.3 Å². The molecule has 2 N–H and O–H groups in total. The van der Waals surface area contributed by atoms with Crippen LogP contribution in [-0.2, 0) is 4.74 Å². The van der Waals surface area contributed by atoms with Crippen LogP contribution in [0.15, 0.2) is 4.99 Å². The second-order valence-electron chi connectivity index (χ2n) is 3.61. The minimum Gasteiger partial charge on any atom is -0.382 e. The molecule has 0 atom stereocenters. The molecule has 0 bridgehead atoms. The lowest BCUT2D eigenvalue weighted by molar-refractivity contribution is 0.146. The number of guanidine groups is 1. The van der Waals surface area contributed by atoms with Crippen molar-refractivity contribution in [2.45, 2.75) is 40.2 Å². The number of nitrogens with zero attached hydrogens (tertiary/aromatic N) is 1. The summed E-state index contributed by atoms with van der Waals surface area (Å²) in [6.45, 7) is 11.6. The summed E-state index contributed by atoms with van der Waals surface area (Å²) in [6, 6.07) is 0.412. The molecule has 0 saturated heterocycles. The lowest BCUT2D eigenvalue weighted by Crippen LogP contribution is -2.41. The largest absolute Gasteiger partial charge is 0.382 e. The van der Waals surface area contributed by atoms with Crippen LogP contribution in [0.25, 0.3) is 0 Å². The predicted molar refractivity (Wildman–Crippen MR) is 65.4 cm³/mol. The fraction of sp³-hybridized carbons (Fsp3) is 0.909. The number of nitrogens with one attached hydrogen (secondary N) is 2. The van der Waals surface area contributed by atoms with Gasteiger partial charge in [0.25, 0.3) is 0 Å². The van der Waals surface area contributed by atoms with E-state index in [1.54, 1.807) is 0 Å². The summed E-state index contributed by atoms with van der Waals surface area (Å²) in [7, 11) is 0. The van der Waals surface area contributed by atoms with Crippen LogP contribution in [0.4, 0.5) is 0 Å². The van der Waals surface area contributed by atoms with Gasteiger partial charge in [0.1, 0.15) is 0 Å². The summed E-state index contributed by atoms with van der Waals surface area (Å²) in [4.78, 5) is 4.44. The minimum atomic E-state index is 0.412. The second kappa shape index (κ2) is 9.77. The Morgan fingerprint density at radius 2 is 2.07 bits per heavy atom. The van der Waals surface area contributed by atoms with Gasteiger partial charge >= 0.3 is 0 Å². The van der Waals surface area contributed by atoms with Gasteiger partial charge in [-0.15, -0.1) is 0 Å². The van der Waals surface area contributed by atoms with E-state index >= 15 is 0 Å². The van der Waals surface area contributed by atoms with Crippen LogP contribution >= 0.6 is 0 Å². The summed E-state index contributed by atoms with van der Waals surface area (Å²) in [5, 5.41) is 6.47. The van der Waals surface area contributed by atoms with E-state index in [9.17, 15) is 0 Å². The highest BCUT2D eigenvalue weighted by Gasteiger charge is 1.98. The first kappa shape index (κ1) is 14.2. The molecule has 0 heterocycles. The van der Waals surface area contributed by atoms with E-state index in [1.807, 2.05) is 6.92 Å². The van der Waals surface area contributed by atoms with Crippen molar-refractivity contribution in [1.29, 1.82) is 0 Å². The molecule has 15 heavy (non-hydrogen) atoms. The first-order valence-electron chi connectivity index (χ1n) is 5.83. The third kappa shape index (κ3) is 9.53. The summed E-state index contributed by atoms with van der Waals surface area (Å²) < 4.78 is 5.25. The average Bonchev–Trinajstić information content (AvgIpc) is 2.17. The average molecular weight is 215 g/mol. The van der Waals surface area contributed by atoms with Gasteiger partial charge in [-0.1, -0.05) is 0 Å². The van der Waals surface area contributed by atoms with Crippen molar-refractivity contribution in [3.63, 3.8) is 0 Å². The Morgan fingerprint density at radius 3 is 2.60 bits per heavy atom. The molecule has 0 radical (unpaired) electrons. The minimum absolute atomic E-state index is 0.412. The fourth-order valence-corrected chi connectivity index (χ4v) is 1.10. The molecular weight excluding hydrogens is 190 g/mol. The molecule has 0 unspecified atom stereocenters. The van der Waals surface area contributed by atoms with Gasteiger partial charge in [0.15, 0.2) is 5.96 Å². The Kier molecular flexibility index (Phi) is 9.27. The van der Waals surface area contributed by atoms with Gasteiger partial charge in [0, 0.05) is 32.3 Å². The van der Waals surface area contributed by atoms with Gasteiger partial charge in [-0.25, -0.2) is 0 Å². The van der Waals surface area contributed by atoms with E-state index in [1.165, 1.54) is 0 Å². The van der Waals surface area contributed by atoms with Gasteiger partial charge in [-0.2, -0.15) is 0 Å². The van der Waals surface area contributed by atoms with Crippen LogP contribution in [0.1, 0.15) is 34.1 Å². The summed E-state index contributed by atoms with van der Waals surface area (Å²) >= 11 is 0. The Bertz CT molecular complexity index is 169. The van der Waals surface area contributed by atoms with E-state index in [-0.39, 0.29) is 0 Å². The smallest absolute Gasteiger partial charge is 0.191 e. The Hall–Kier alpha value is -0.770. The second-order valence-corrected chi connectivity index (χ2v) is 3.61. The van der Waals surface area contributed by atoms with E-state index in [0.29, 0.717) is 6.04 Å². The number of aliphatic imine (C=N–C) groups is 1. The van der Waals surface area contributed by atoms with Gasteiger partial charge in [-0.05, 0) is 34.1 Å².